The molecule has 1 aliphatic heterocycles. The summed E-state index contributed by atoms with van der Waals surface area (Å²) in [6.07, 6.45) is 3.15. The van der Waals surface area contributed by atoms with E-state index < -0.39 is 11.4 Å². The van der Waals surface area contributed by atoms with Crippen LogP contribution >= 0.6 is 0 Å². The standard InChI is InChI=1S/C16H15N3O3/c1-9(10-5-6-12(14(20)21)18-8-10)16(2)11-4-3-7-17-13(11)19-15(16)22/h3-9H,1-2H3,(H,20,21)(H,17,19,22)/t9-,16-/m1/s1. The van der Waals surface area contributed by atoms with Gasteiger partial charge in [0.2, 0.25) is 5.91 Å². The molecule has 2 aromatic heterocycles. The van der Waals surface area contributed by atoms with Gasteiger partial charge >= 0.3 is 5.97 Å². The van der Waals surface area contributed by atoms with E-state index in [-0.39, 0.29) is 17.5 Å². The number of anilines is 1. The number of aromatic nitrogens is 2. The Balaban J connectivity index is 2.02. The lowest BCUT2D eigenvalue weighted by molar-refractivity contribution is -0.120. The molecular weight excluding hydrogens is 282 g/mol. The number of carboxylic acids is 1. The molecule has 3 rings (SSSR count). The third-order valence-electron chi connectivity index (χ3n) is 4.44. The molecule has 0 spiro atoms. The van der Waals surface area contributed by atoms with Crippen molar-refractivity contribution in [2.24, 2.45) is 0 Å². The summed E-state index contributed by atoms with van der Waals surface area (Å²) in [4.78, 5) is 31.5. The lowest BCUT2D eigenvalue weighted by atomic mass is 9.71. The van der Waals surface area contributed by atoms with E-state index in [4.69, 9.17) is 5.11 Å². The number of hydrogen-bond acceptors (Lipinski definition) is 4. The Morgan fingerprint density at radius 2 is 2.09 bits per heavy atom. The average Bonchev–Trinajstić information content (AvgIpc) is 2.79. The molecule has 2 aromatic rings. The summed E-state index contributed by atoms with van der Waals surface area (Å²) in [5.74, 6) is -0.778. The van der Waals surface area contributed by atoms with Crippen LogP contribution in [0.1, 0.15) is 41.4 Å². The highest BCUT2D eigenvalue weighted by atomic mass is 16.4. The molecule has 22 heavy (non-hydrogen) atoms. The molecule has 3 heterocycles. The van der Waals surface area contributed by atoms with Crippen molar-refractivity contribution >= 4 is 17.7 Å². The fourth-order valence-corrected chi connectivity index (χ4v) is 2.83. The van der Waals surface area contributed by atoms with Gasteiger partial charge in [0.25, 0.3) is 0 Å². The van der Waals surface area contributed by atoms with Crippen LogP contribution in [0, 0.1) is 0 Å². The van der Waals surface area contributed by atoms with Gasteiger partial charge in [-0.3, -0.25) is 4.79 Å². The smallest absolute Gasteiger partial charge is 0.354 e. The van der Waals surface area contributed by atoms with E-state index in [1.54, 1.807) is 18.3 Å². The molecule has 0 aromatic carbocycles. The second kappa shape index (κ2) is 4.91. The third-order valence-corrected chi connectivity index (χ3v) is 4.44. The van der Waals surface area contributed by atoms with Gasteiger partial charge in [-0.1, -0.05) is 19.1 Å². The van der Waals surface area contributed by atoms with Crippen molar-refractivity contribution in [1.82, 2.24) is 9.97 Å². The number of pyridine rings is 2. The van der Waals surface area contributed by atoms with Crippen molar-refractivity contribution in [3.8, 4) is 0 Å². The maximum Gasteiger partial charge on any atom is 0.354 e. The Kier molecular flexibility index (Phi) is 3.16. The molecule has 0 aliphatic carbocycles. The van der Waals surface area contributed by atoms with Crippen LogP contribution in [-0.4, -0.2) is 27.0 Å². The van der Waals surface area contributed by atoms with Crippen LogP contribution in [0.3, 0.4) is 0 Å². The molecule has 6 nitrogen and oxygen atoms in total. The predicted octanol–water partition coefficient (Wildman–Crippen LogP) is 2.19. The normalized spacial score (nSPS) is 21.1. The molecule has 6 heteroatoms. The quantitative estimate of drug-likeness (QED) is 0.906. The molecular formula is C16H15N3O3. The van der Waals surface area contributed by atoms with E-state index in [1.165, 1.54) is 12.3 Å². The highest BCUT2D eigenvalue weighted by molar-refractivity contribution is 6.05. The van der Waals surface area contributed by atoms with Crippen LogP contribution in [0.15, 0.2) is 36.7 Å². The number of nitrogens with one attached hydrogen (secondary N) is 1. The largest absolute Gasteiger partial charge is 0.477 e. The molecule has 0 saturated carbocycles. The number of hydrogen-bond donors (Lipinski definition) is 2. The second-order valence-corrected chi connectivity index (χ2v) is 5.56. The summed E-state index contributed by atoms with van der Waals surface area (Å²) in [5, 5.41) is 11.7. The number of amides is 1. The first-order chi connectivity index (χ1) is 10.4. The van der Waals surface area contributed by atoms with Crippen LogP contribution in [0.25, 0.3) is 0 Å². The maximum absolute atomic E-state index is 12.5. The predicted molar refractivity (Wildman–Crippen MR) is 79.8 cm³/mol. The Bertz CT molecular complexity index is 757. The minimum absolute atomic E-state index is 0.0148. The average molecular weight is 297 g/mol. The Hall–Kier alpha value is -2.76. The van der Waals surface area contributed by atoms with Gasteiger partial charge in [-0.15, -0.1) is 0 Å². The van der Waals surface area contributed by atoms with Crippen LogP contribution in [-0.2, 0) is 10.2 Å². The molecule has 1 amide bonds. The van der Waals surface area contributed by atoms with Crippen molar-refractivity contribution in [3.05, 3.63) is 53.5 Å². The van der Waals surface area contributed by atoms with Crippen molar-refractivity contribution in [2.45, 2.75) is 25.2 Å². The van der Waals surface area contributed by atoms with Crippen LogP contribution in [0.4, 0.5) is 5.82 Å². The zero-order chi connectivity index (χ0) is 15.9. The Morgan fingerprint density at radius 3 is 2.73 bits per heavy atom. The Labute approximate surface area is 127 Å². The van der Waals surface area contributed by atoms with Crippen molar-refractivity contribution in [2.75, 3.05) is 5.32 Å². The summed E-state index contributed by atoms with van der Waals surface area (Å²) in [5.41, 5.74) is 0.865. The number of carbonyl (C=O) groups excluding carboxylic acids is 1. The molecule has 2 N–H and O–H groups in total. The lowest BCUT2D eigenvalue weighted by Crippen LogP contribution is -2.36. The number of aromatic carboxylic acids is 1. The molecule has 1 aliphatic rings. The molecule has 0 radical (unpaired) electrons. The third kappa shape index (κ3) is 1.95. The number of fused-ring (bicyclic) bond motifs is 1. The summed E-state index contributed by atoms with van der Waals surface area (Å²) in [6, 6.07) is 6.84. The van der Waals surface area contributed by atoms with Crippen molar-refractivity contribution < 1.29 is 14.7 Å². The van der Waals surface area contributed by atoms with Gasteiger partial charge in [-0.05, 0) is 24.6 Å². The minimum atomic E-state index is -1.07. The summed E-state index contributed by atoms with van der Waals surface area (Å²) >= 11 is 0. The van der Waals surface area contributed by atoms with E-state index in [2.05, 4.69) is 15.3 Å². The van der Waals surface area contributed by atoms with Crippen LogP contribution in [0.5, 0.6) is 0 Å². The zero-order valence-corrected chi connectivity index (χ0v) is 12.2. The summed E-state index contributed by atoms with van der Waals surface area (Å²) in [6.45, 7) is 3.80. The van der Waals surface area contributed by atoms with E-state index in [9.17, 15) is 9.59 Å². The van der Waals surface area contributed by atoms with Crippen molar-refractivity contribution in [3.63, 3.8) is 0 Å². The first-order valence-electron chi connectivity index (χ1n) is 6.90. The summed E-state index contributed by atoms with van der Waals surface area (Å²) < 4.78 is 0. The van der Waals surface area contributed by atoms with Crippen LogP contribution in [0.2, 0.25) is 0 Å². The topological polar surface area (TPSA) is 92.2 Å². The van der Waals surface area contributed by atoms with Gasteiger partial charge in [0.1, 0.15) is 11.5 Å². The van der Waals surface area contributed by atoms with Crippen molar-refractivity contribution in [1.29, 1.82) is 0 Å². The van der Waals surface area contributed by atoms with Gasteiger partial charge < -0.3 is 10.4 Å². The molecule has 0 unspecified atom stereocenters. The number of rotatable bonds is 3. The SMILES string of the molecule is C[C@H](c1ccc(C(=O)O)nc1)[C@@]1(C)C(=O)Nc2ncccc21. The minimum Gasteiger partial charge on any atom is -0.477 e. The summed E-state index contributed by atoms with van der Waals surface area (Å²) in [7, 11) is 0. The fraction of sp³-hybridized carbons (Fsp3) is 0.250. The van der Waals surface area contributed by atoms with Gasteiger partial charge in [0.15, 0.2) is 0 Å². The Morgan fingerprint density at radius 1 is 1.32 bits per heavy atom. The second-order valence-electron chi connectivity index (χ2n) is 5.56. The van der Waals surface area contributed by atoms with E-state index in [0.29, 0.717) is 5.82 Å². The van der Waals surface area contributed by atoms with E-state index in [1.807, 2.05) is 19.9 Å². The van der Waals surface area contributed by atoms with Crippen LogP contribution < -0.4 is 5.32 Å². The molecule has 112 valence electrons. The van der Waals surface area contributed by atoms with Gasteiger partial charge in [-0.2, -0.15) is 0 Å². The maximum atomic E-state index is 12.5. The first kappa shape index (κ1) is 14.2. The van der Waals surface area contributed by atoms with Gasteiger partial charge in [-0.25, -0.2) is 14.8 Å². The number of carbonyl (C=O) groups is 2. The fourth-order valence-electron chi connectivity index (χ4n) is 2.83. The number of carboxylic acid groups (broad SMARTS) is 1. The monoisotopic (exact) mass is 297 g/mol. The number of nitrogens with zero attached hydrogens (tertiary/aromatic N) is 2. The molecule has 0 fully saturated rings. The highest BCUT2D eigenvalue weighted by Gasteiger charge is 2.47. The molecule has 0 saturated heterocycles. The first-order valence-corrected chi connectivity index (χ1v) is 6.90. The van der Waals surface area contributed by atoms with E-state index >= 15 is 0 Å². The lowest BCUT2D eigenvalue weighted by Gasteiger charge is -2.29. The zero-order valence-electron chi connectivity index (χ0n) is 12.2. The molecule has 2 atom stereocenters. The van der Waals surface area contributed by atoms with Gasteiger partial charge in [0.05, 0.1) is 5.41 Å². The van der Waals surface area contributed by atoms with Gasteiger partial charge in [0, 0.05) is 23.9 Å². The highest BCUT2D eigenvalue weighted by Crippen LogP contribution is 2.45. The molecule has 0 bridgehead atoms. The van der Waals surface area contributed by atoms with E-state index in [0.717, 1.165) is 11.1 Å².